The Morgan fingerprint density at radius 2 is 1.85 bits per heavy atom. The van der Waals surface area contributed by atoms with Gasteiger partial charge in [0.05, 0.1) is 5.52 Å². The van der Waals surface area contributed by atoms with Gasteiger partial charge in [-0.1, -0.05) is 0 Å². The van der Waals surface area contributed by atoms with Crippen molar-refractivity contribution in [1.29, 1.82) is 0 Å². The van der Waals surface area contributed by atoms with Gasteiger partial charge in [-0.25, -0.2) is 18.4 Å². The Morgan fingerprint density at radius 3 is 2.50 bits per heavy atom. The molecule has 1 aliphatic heterocycles. The Morgan fingerprint density at radius 1 is 1.20 bits per heavy atom. The van der Waals surface area contributed by atoms with E-state index in [2.05, 4.69) is 18.8 Å². The van der Waals surface area contributed by atoms with E-state index >= 15 is 0 Å². The van der Waals surface area contributed by atoms with Crippen LogP contribution < -0.4 is 10.7 Å². The predicted molar refractivity (Wildman–Crippen MR) is 75.1 cm³/mol. The van der Waals surface area contributed by atoms with Crippen LogP contribution in [-0.2, 0) is 0 Å². The summed E-state index contributed by atoms with van der Waals surface area (Å²) in [6.07, 6.45) is 3.13. The highest BCUT2D eigenvalue weighted by Gasteiger charge is 2.29. The maximum absolute atomic E-state index is 14.2. The molecule has 0 amide bonds. The summed E-state index contributed by atoms with van der Waals surface area (Å²) in [7, 11) is 0. The van der Waals surface area contributed by atoms with Crippen molar-refractivity contribution in [1.82, 2.24) is 9.66 Å². The van der Waals surface area contributed by atoms with Crippen molar-refractivity contribution in [3.63, 3.8) is 0 Å². The normalized spacial score (nSPS) is 23.5. The first kappa shape index (κ1) is 13.1. The van der Waals surface area contributed by atoms with Gasteiger partial charge < -0.3 is 10.7 Å². The lowest BCUT2D eigenvalue weighted by atomic mass is 10.00. The van der Waals surface area contributed by atoms with Crippen LogP contribution in [0.2, 0.25) is 0 Å². The first-order chi connectivity index (χ1) is 9.50. The summed E-state index contributed by atoms with van der Waals surface area (Å²) >= 11 is 0. The number of benzene rings is 1. The van der Waals surface area contributed by atoms with Gasteiger partial charge in [-0.2, -0.15) is 0 Å². The third-order valence-electron chi connectivity index (χ3n) is 4.09. The van der Waals surface area contributed by atoms with Gasteiger partial charge in [0.15, 0.2) is 11.6 Å². The van der Waals surface area contributed by atoms with Crippen LogP contribution in [0.1, 0.15) is 33.1 Å². The van der Waals surface area contributed by atoms with Gasteiger partial charge >= 0.3 is 0 Å². The Labute approximate surface area is 116 Å². The average Bonchev–Trinajstić information content (AvgIpc) is 2.72. The molecule has 20 heavy (non-hydrogen) atoms. The van der Waals surface area contributed by atoms with E-state index in [0.717, 1.165) is 25.3 Å². The van der Waals surface area contributed by atoms with E-state index in [1.54, 1.807) is 4.68 Å². The molecule has 0 saturated carbocycles. The molecule has 1 fully saturated rings. The fourth-order valence-corrected chi connectivity index (χ4v) is 3.14. The summed E-state index contributed by atoms with van der Waals surface area (Å²) < 4.78 is 29.2. The highest BCUT2D eigenvalue weighted by atomic mass is 19.2. The first-order valence-electron chi connectivity index (χ1n) is 6.91. The van der Waals surface area contributed by atoms with Gasteiger partial charge in [0, 0.05) is 12.1 Å². The predicted octanol–water partition coefficient (Wildman–Crippen LogP) is 2.80. The van der Waals surface area contributed by atoms with Crippen LogP contribution in [0.4, 0.5) is 14.7 Å². The third-order valence-corrected chi connectivity index (χ3v) is 4.09. The smallest absolute Gasteiger partial charge is 0.220 e. The van der Waals surface area contributed by atoms with Crippen LogP contribution in [0.3, 0.4) is 0 Å². The molecule has 1 aromatic carbocycles. The monoisotopic (exact) mass is 280 g/mol. The number of rotatable bonds is 1. The number of nitrogens with zero attached hydrogens (tertiary/aromatic N) is 3. The van der Waals surface area contributed by atoms with E-state index < -0.39 is 11.6 Å². The summed E-state index contributed by atoms with van der Waals surface area (Å²) in [5.74, 6) is -1.57. The maximum Gasteiger partial charge on any atom is 0.220 e. The quantitative estimate of drug-likeness (QED) is 0.873. The highest BCUT2D eigenvalue weighted by molar-refractivity contribution is 5.79. The minimum Gasteiger partial charge on any atom is -0.368 e. The molecular formula is C14H18F2N4. The zero-order chi connectivity index (χ0) is 14.4. The number of imidazole rings is 1. The Hall–Kier alpha value is -1.85. The van der Waals surface area contributed by atoms with Gasteiger partial charge in [0.25, 0.3) is 0 Å². The van der Waals surface area contributed by atoms with E-state index in [1.807, 2.05) is 5.01 Å². The molecule has 4 nitrogen and oxygen atoms in total. The summed E-state index contributed by atoms with van der Waals surface area (Å²) in [4.78, 5) is 4.15. The number of piperidine rings is 1. The number of nitrogen functional groups attached to an aromatic ring is 1. The number of hydrogen-bond donors (Lipinski definition) is 1. The van der Waals surface area contributed by atoms with E-state index in [9.17, 15) is 8.78 Å². The number of halogens is 2. The lowest BCUT2D eigenvalue weighted by Crippen LogP contribution is -2.51. The van der Waals surface area contributed by atoms with Crippen molar-refractivity contribution in [3.05, 3.63) is 23.8 Å². The van der Waals surface area contributed by atoms with Crippen LogP contribution in [0.15, 0.2) is 12.1 Å². The third kappa shape index (κ3) is 1.82. The van der Waals surface area contributed by atoms with E-state index in [4.69, 9.17) is 5.73 Å². The van der Waals surface area contributed by atoms with Crippen molar-refractivity contribution in [3.8, 4) is 0 Å². The number of anilines is 1. The average molecular weight is 280 g/mol. The SMILES string of the molecule is CC1CCCC(C)N1n1c(N)nc2ccc(F)c(F)c21. The number of fused-ring (bicyclic) bond motifs is 1. The van der Waals surface area contributed by atoms with Crippen molar-refractivity contribution in [2.45, 2.75) is 45.2 Å². The van der Waals surface area contributed by atoms with Gasteiger partial charge in [-0.05, 0) is 45.2 Å². The molecule has 1 saturated heterocycles. The molecule has 0 radical (unpaired) electrons. The van der Waals surface area contributed by atoms with Crippen molar-refractivity contribution in [2.24, 2.45) is 0 Å². The second-order valence-corrected chi connectivity index (χ2v) is 5.52. The van der Waals surface area contributed by atoms with E-state index in [-0.39, 0.29) is 23.5 Å². The zero-order valence-corrected chi connectivity index (χ0v) is 11.6. The van der Waals surface area contributed by atoms with Gasteiger partial charge in [-0.15, -0.1) is 0 Å². The van der Waals surface area contributed by atoms with Crippen molar-refractivity contribution < 1.29 is 8.78 Å². The van der Waals surface area contributed by atoms with Crippen LogP contribution >= 0.6 is 0 Å². The van der Waals surface area contributed by atoms with Crippen LogP contribution in [0.5, 0.6) is 0 Å². The van der Waals surface area contributed by atoms with E-state index in [1.165, 1.54) is 6.07 Å². The highest BCUT2D eigenvalue weighted by Crippen LogP contribution is 2.28. The van der Waals surface area contributed by atoms with Crippen molar-refractivity contribution in [2.75, 3.05) is 10.7 Å². The molecule has 1 aliphatic rings. The van der Waals surface area contributed by atoms with Gasteiger partial charge in [0.2, 0.25) is 5.95 Å². The standard InChI is InChI=1S/C14H18F2N4/c1-8-4-3-5-9(2)19(8)20-13-11(18-14(20)17)7-6-10(15)12(13)16/h6-9H,3-5H2,1-2H3,(H2,17,18). The summed E-state index contributed by atoms with van der Waals surface area (Å²) in [5, 5.41) is 2.01. The molecule has 2 N–H and O–H groups in total. The fourth-order valence-electron chi connectivity index (χ4n) is 3.14. The molecule has 108 valence electrons. The zero-order valence-electron chi connectivity index (χ0n) is 11.6. The Bertz CT molecular complexity index is 642. The largest absolute Gasteiger partial charge is 0.368 e. The first-order valence-corrected chi connectivity index (χ1v) is 6.91. The maximum atomic E-state index is 14.2. The molecule has 0 aliphatic carbocycles. The molecule has 1 aromatic heterocycles. The van der Waals surface area contributed by atoms with Gasteiger partial charge in [0.1, 0.15) is 5.52 Å². The topological polar surface area (TPSA) is 47.1 Å². The number of hydrogen-bond acceptors (Lipinski definition) is 3. The molecule has 2 heterocycles. The lowest BCUT2D eigenvalue weighted by Gasteiger charge is -2.41. The summed E-state index contributed by atoms with van der Waals surface area (Å²) in [5.41, 5.74) is 6.46. The molecule has 2 unspecified atom stereocenters. The van der Waals surface area contributed by atoms with Crippen LogP contribution in [0, 0.1) is 11.6 Å². The molecule has 0 spiro atoms. The Balaban J connectivity index is 2.24. The molecule has 2 aromatic rings. The lowest BCUT2D eigenvalue weighted by molar-refractivity contribution is 0.341. The molecule has 3 rings (SSSR count). The summed E-state index contributed by atoms with van der Waals surface area (Å²) in [6.45, 7) is 4.14. The molecule has 0 bridgehead atoms. The second kappa shape index (κ2) is 4.61. The molecule has 6 heteroatoms. The second-order valence-electron chi connectivity index (χ2n) is 5.52. The molecule has 2 atom stereocenters. The van der Waals surface area contributed by atoms with Gasteiger partial charge in [-0.3, -0.25) is 0 Å². The fraction of sp³-hybridized carbons (Fsp3) is 0.500. The van der Waals surface area contributed by atoms with Crippen LogP contribution in [0.25, 0.3) is 11.0 Å². The molecular weight excluding hydrogens is 262 g/mol. The number of nitrogens with two attached hydrogens (primary N) is 1. The summed E-state index contributed by atoms with van der Waals surface area (Å²) in [6, 6.07) is 2.96. The van der Waals surface area contributed by atoms with E-state index in [0.29, 0.717) is 5.52 Å². The minimum absolute atomic E-state index is 0.128. The van der Waals surface area contributed by atoms with Crippen molar-refractivity contribution >= 4 is 17.0 Å². The van der Waals surface area contributed by atoms with Crippen LogP contribution in [-0.4, -0.2) is 21.7 Å². The minimum atomic E-state index is -0.892. The number of aromatic nitrogens is 2. The Kier molecular flexibility index (Phi) is 3.03.